The zero-order valence-corrected chi connectivity index (χ0v) is 12.8. The van der Waals surface area contributed by atoms with Crippen molar-refractivity contribution in [3.05, 3.63) is 35.6 Å². The van der Waals surface area contributed by atoms with Crippen LogP contribution in [0.5, 0.6) is 0 Å². The number of ether oxygens (including phenoxy) is 1. The Morgan fingerprint density at radius 1 is 1.38 bits per heavy atom. The highest BCUT2D eigenvalue weighted by molar-refractivity contribution is 5.76. The Balaban J connectivity index is 1.86. The maximum atomic E-state index is 13.8. The van der Waals surface area contributed by atoms with Gasteiger partial charge >= 0.3 is 0 Å². The highest BCUT2D eigenvalue weighted by Gasteiger charge is 2.25. The van der Waals surface area contributed by atoms with E-state index in [9.17, 15) is 9.18 Å². The molecule has 0 aliphatic carbocycles. The Bertz CT molecular complexity index is 481. The van der Waals surface area contributed by atoms with E-state index >= 15 is 0 Å². The second-order valence-electron chi connectivity index (χ2n) is 6.33. The van der Waals surface area contributed by atoms with Crippen molar-refractivity contribution in [1.29, 1.82) is 0 Å². The van der Waals surface area contributed by atoms with Crippen molar-refractivity contribution in [3.8, 4) is 0 Å². The quantitative estimate of drug-likeness (QED) is 0.905. The zero-order chi connectivity index (χ0) is 15.3. The topological polar surface area (TPSA) is 38.3 Å². The van der Waals surface area contributed by atoms with E-state index in [1.165, 1.54) is 6.07 Å². The second-order valence-corrected chi connectivity index (χ2v) is 6.33. The standard InChI is InChI=1S/C17H24FNO2/c1-17(2,14-8-3-4-9-15(14)18)12-19-16(20)11-13-7-5-6-10-21-13/h3-4,8-9,13H,5-7,10-12H2,1-2H3,(H,19,20). The molecule has 1 aromatic carbocycles. The van der Waals surface area contributed by atoms with Gasteiger partial charge in [0.1, 0.15) is 5.82 Å². The fraction of sp³-hybridized carbons (Fsp3) is 0.588. The van der Waals surface area contributed by atoms with Crippen LogP contribution in [0, 0.1) is 5.82 Å². The molecule has 1 aliphatic heterocycles. The molecule has 2 rings (SSSR count). The van der Waals surface area contributed by atoms with Crippen LogP contribution in [0.4, 0.5) is 4.39 Å². The van der Waals surface area contributed by atoms with Gasteiger partial charge in [-0.2, -0.15) is 0 Å². The molecule has 0 aromatic heterocycles. The number of carbonyl (C=O) groups is 1. The molecule has 1 N–H and O–H groups in total. The molecule has 1 heterocycles. The number of nitrogens with one attached hydrogen (secondary N) is 1. The van der Waals surface area contributed by atoms with Crippen LogP contribution < -0.4 is 5.32 Å². The minimum Gasteiger partial charge on any atom is -0.378 e. The number of halogens is 1. The van der Waals surface area contributed by atoms with Gasteiger partial charge in [0, 0.05) is 18.6 Å². The van der Waals surface area contributed by atoms with Crippen LogP contribution in [0.2, 0.25) is 0 Å². The summed E-state index contributed by atoms with van der Waals surface area (Å²) in [5, 5.41) is 2.91. The lowest BCUT2D eigenvalue weighted by Gasteiger charge is -2.27. The van der Waals surface area contributed by atoms with E-state index in [1.54, 1.807) is 12.1 Å². The molecule has 1 aliphatic rings. The van der Waals surface area contributed by atoms with Gasteiger partial charge < -0.3 is 10.1 Å². The molecule has 4 heteroatoms. The largest absolute Gasteiger partial charge is 0.378 e. The minimum atomic E-state index is -0.436. The first-order chi connectivity index (χ1) is 9.99. The number of amides is 1. The third-order valence-electron chi connectivity index (χ3n) is 4.02. The van der Waals surface area contributed by atoms with Crippen LogP contribution in [0.3, 0.4) is 0 Å². The summed E-state index contributed by atoms with van der Waals surface area (Å²) in [4.78, 5) is 12.0. The molecule has 1 saturated heterocycles. The van der Waals surface area contributed by atoms with Crippen LogP contribution in [0.25, 0.3) is 0 Å². The minimum absolute atomic E-state index is 0.0219. The maximum Gasteiger partial charge on any atom is 0.222 e. The number of benzene rings is 1. The molecule has 0 radical (unpaired) electrons. The van der Waals surface area contributed by atoms with E-state index in [0.717, 1.165) is 25.9 Å². The molecule has 1 aromatic rings. The summed E-state index contributed by atoms with van der Waals surface area (Å²) in [6.45, 7) is 5.03. The average Bonchev–Trinajstić information content (AvgIpc) is 2.47. The van der Waals surface area contributed by atoms with Crippen LogP contribution in [-0.4, -0.2) is 25.2 Å². The third kappa shape index (κ3) is 4.53. The first kappa shape index (κ1) is 16.0. The molecule has 0 saturated carbocycles. The normalized spacial score (nSPS) is 19.3. The molecule has 1 unspecified atom stereocenters. The number of rotatable bonds is 5. The van der Waals surface area contributed by atoms with E-state index in [2.05, 4.69) is 5.32 Å². The summed E-state index contributed by atoms with van der Waals surface area (Å²) < 4.78 is 19.4. The number of hydrogen-bond acceptors (Lipinski definition) is 2. The Kier molecular flexibility index (Phi) is 5.34. The summed E-state index contributed by atoms with van der Waals surface area (Å²) >= 11 is 0. The zero-order valence-electron chi connectivity index (χ0n) is 12.8. The summed E-state index contributed by atoms with van der Waals surface area (Å²) in [5.74, 6) is -0.251. The Labute approximate surface area is 125 Å². The molecular weight excluding hydrogens is 269 g/mol. The molecule has 1 atom stereocenters. The number of hydrogen-bond donors (Lipinski definition) is 1. The third-order valence-corrected chi connectivity index (χ3v) is 4.02. The van der Waals surface area contributed by atoms with E-state index < -0.39 is 5.41 Å². The van der Waals surface area contributed by atoms with Gasteiger partial charge in [0.2, 0.25) is 5.91 Å². The molecule has 3 nitrogen and oxygen atoms in total. The SMILES string of the molecule is CC(C)(CNC(=O)CC1CCCCO1)c1ccccc1F. The molecule has 0 bridgehead atoms. The van der Waals surface area contributed by atoms with E-state index in [1.807, 2.05) is 19.9 Å². The fourth-order valence-corrected chi connectivity index (χ4v) is 2.67. The van der Waals surface area contributed by atoms with Crippen molar-refractivity contribution in [1.82, 2.24) is 5.32 Å². The van der Waals surface area contributed by atoms with Crippen molar-refractivity contribution in [3.63, 3.8) is 0 Å². The fourth-order valence-electron chi connectivity index (χ4n) is 2.67. The van der Waals surface area contributed by atoms with Gasteiger partial charge in [-0.15, -0.1) is 0 Å². The Morgan fingerprint density at radius 3 is 2.81 bits per heavy atom. The molecule has 116 valence electrons. The summed E-state index contributed by atoms with van der Waals surface area (Å²) in [7, 11) is 0. The van der Waals surface area contributed by atoms with Gasteiger partial charge in [0.25, 0.3) is 0 Å². The lowest BCUT2D eigenvalue weighted by molar-refractivity contribution is -0.125. The van der Waals surface area contributed by atoms with Crippen LogP contribution in [-0.2, 0) is 14.9 Å². The molecular formula is C17H24FNO2. The van der Waals surface area contributed by atoms with Gasteiger partial charge in [-0.1, -0.05) is 32.0 Å². The molecule has 0 spiro atoms. The smallest absolute Gasteiger partial charge is 0.222 e. The van der Waals surface area contributed by atoms with E-state index in [0.29, 0.717) is 18.5 Å². The van der Waals surface area contributed by atoms with Crippen molar-refractivity contribution in [2.75, 3.05) is 13.2 Å². The van der Waals surface area contributed by atoms with Gasteiger partial charge in [0.05, 0.1) is 12.5 Å². The summed E-state index contributed by atoms with van der Waals surface area (Å²) in [5.41, 5.74) is 0.188. The average molecular weight is 293 g/mol. The van der Waals surface area contributed by atoms with Crippen LogP contribution in [0.15, 0.2) is 24.3 Å². The Morgan fingerprint density at radius 2 is 2.14 bits per heavy atom. The van der Waals surface area contributed by atoms with Crippen molar-refractivity contribution >= 4 is 5.91 Å². The first-order valence-corrected chi connectivity index (χ1v) is 7.62. The van der Waals surface area contributed by atoms with Crippen molar-refractivity contribution in [2.24, 2.45) is 0 Å². The molecule has 1 amide bonds. The Hall–Kier alpha value is -1.42. The van der Waals surface area contributed by atoms with Gasteiger partial charge in [-0.25, -0.2) is 4.39 Å². The van der Waals surface area contributed by atoms with Crippen LogP contribution >= 0.6 is 0 Å². The lowest BCUT2D eigenvalue weighted by atomic mass is 9.84. The maximum absolute atomic E-state index is 13.8. The summed E-state index contributed by atoms with van der Waals surface area (Å²) in [6, 6.07) is 6.71. The number of carbonyl (C=O) groups excluding carboxylic acids is 1. The van der Waals surface area contributed by atoms with Gasteiger partial charge in [-0.3, -0.25) is 4.79 Å². The second kappa shape index (κ2) is 7.03. The predicted octanol–water partition coefficient (Wildman–Crippen LogP) is 3.18. The molecule has 1 fully saturated rings. The molecule has 21 heavy (non-hydrogen) atoms. The highest BCUT2D eigenvalue weighted by atomic mass is 19.1. The van der Waals surface area contributed by atoms with Crippen LogP contribution in [0.1, 0.15) is 45.1 Å². The predicted molar refractivity (Wildman–Crippen MR) is 80.6 cm³/mol. The lowest BCUT2D eigenvalue weighted by Crippen LogP contribution is -2.39. The van der Waals surface area contributed by atoms with Crippen molar-refractivity contribution < 1.29 is 13.9 Å². The summed E-state index contributed by atoms with van der Waals surface area (Å²) in [6.07, 6.45) is 3.59. The monoisotopic (exact) mass is 293 g/mol. The van der Waals surface area contributed by atoms with Crippen molar-refractivity contribution in [2.45, 2.75) is 51.0 Å². The van der Waals surface area contributed by atoms with E-state index in [4.69, 9.17) is 4.74 Å². The first-order valence-electron chi connectivity index (χ1n) is 7.62. The van der Waals surface area contributed by atoms with E-state index in [-0.39, 0.29) is 17.8 Å². The highest BCUT2D eigenvalue weighted by Crippen LogP contribution is 2.25. The van der Waals surface area contributed by atoms with Gasteiger partial charge in [0.15, 0.2) is 0 Å². The van der Waals surface area contributed by atoms with Gasteiger partial charge in [-0.05, 0) is 30.9 Å².